The third-order valence-corrected chi connectivity index (χ3v) is 4.67. The highest BCUT2D eigenvalue weighted by molar-refractivity contribution is 5.69. The summed E-state index contributed by atoms with van der Waals surface area (Å²) in [5, 5.41) is 21.3. The molecule has 1 heterocycles. The molecule has 3 unspecified atom stereocenters. The predicted molar refractivity (Wildman–Crippen MR) is 72.0 cm³/mol. The summed E-state index contributed by atoms with van der Waals surface area (Å²) < 4.78 is 1.73. The Hall–Kier alpha value is -1.46. The van der Waals surface area contributed by atoms with Crippen molar-refractivity contribution in [3.8, 4) is 0 Å². The SMILES string of the molecule is CC(C)CC(Cn1nnnc1C1CC2CC2C1)C(=O)O. The molecule has 2 aliphatic carbocycles. The maximum Gasteiger partial charge on any atom is 0.308 e. The molecule has 6 nitrogen and oxygen atoms in total. The van der Waals surface area contributed by atoms with E-state index in [-0.39, 0.29) is 0 Å². The fourth-order valence-corrected chi connectivity index (χ4v) is 3.59. The highest BCUT2D eigenvalue weighted by atomic mass is 16.4. The van der Waals surface area contributed by atoms with E-state index in [0.717, 1.165) is 17.7 Å². The van der Waals surface area contributed by atoms with Crippen LogP contribution in [0.25, 0.3) is 0 Å². The smallest absolute Gasteiger partial charge is 0.308 e. The summed E-state index contributed by atoms with van der Waals surface area (Å²) in [5.74, 6) is 2.26. The standard InChI is InChI=1S/C14H22N4O2/c1-8(2)3-12(14(19)20)7-18-13(15-16-17-18)11-5-9-4-10(9)6-11/h8-12H,3-7H2,1-2H3,(H,19,20). The predicted octanol–water partition coefficient (Wildman–Crippen LogP) is 1.93. The molecule has 2 aliphatic rings. The number of aromatic nitrogens is 4. The van der Waals surface area contributed by atoms with Crippen LogP contribution in [0.2, 0.25) is 0 Å². The Bertz CT molecular complexity index is 489. The molecule has 0 radical (unpaired) electrons. The first-order valence-corrected chi connectivity index (χ1v) is 7.53. The summed E-state index contributed by atoms with van der Waals surface area (Å²) in [7, 11) is 0. The van der Waals surface area contributed by atoms with E-state index in [1.165, 1.54) is 19.3 Å². The molecule has 2 saturated carbocycles. The number of hydrogen-bond acceptors (Lipinski definition) is 4. The Balaban J connectivity index is 1.70. The third-order valence-electron chi connectivity index (χ3n) is 4.67. The van der Waals surface area contributed by atoms with Crippen LogP contribution < -0.4 is 0 Å². The van der Waals surface area contributed by atoms with Crippen molar-refractivity contribution in [2.45, 2.75) is 52.0 Å². The minimum atomic E-state index is -0.755. The van der Waals surface area contributed by atoms with E-state index in [2.05, 4.69) is 15.5 Å². The second kappa shape index (κ2) is 5.14. The van der Waals surface area contributed by atoms with Crippen molar-refractivity contribution in [2.75, 3.05) is 0 Å². The largest absolute Gasteiger partial charge is 0.481 e. The molecule has 2 fully saturated rings. The number of hydrogen-bond donors (Lipinski definition) is 1. The van der Waals surface area contributed by atoms with Gasteiger partial charge in [0.1, 0.15) is 0 Å². The van der Waals surface area contributed by atoms with E-state index in [0.29, 0.717) is 24.8 Å². The fraction of sp³-hybridized carbons (Fsp3) is 0.857. The van der Waals surface area contributed by atoms with E-state index < -0.39 is 11.9 Å². The first-order chi connectivity index (χ1) is 9.54. The Morgan fingerprint density at radius 1 is 1.35 bits per heavy atom. The number of carbonyl (C=O) groups is 1. The van der Waals surface area contributed by atoms with Crippen LogP contribution in [0.5, 0.6) is 0 Å². The lowest BCUT2D eigenvalue weighted by molar-refractivity contribution is -0.142. The number of rotatable bonds is 6. The lowest BCUT2D eigenvalue weighted by atomic mass is 9.96. The highest BCUT2D eigenvalue weighted by Crippen LogP contribution is 2.57. The molecule has 0 aliphatic heterocycles. The van der Waals surface area contributed by atoms with E-state index in [1.54, 1.807) is 4.68 Å². The number of tetrazole rings is 1. The van der Waals surface area contributed by atoms with Gasteiger partial charge in [0.2, 0.25) is 0 Å². The molecule has 20 heavy (non-hydrogen) atoms. The van der Waals surface area contributed by atoms with Crippen molar-refractivity contribution in [3.05, 3.63) is 5.82 Å². The van der Waals surface area contributed by atoms with Gasteiger partial charge in [0, 0.05) is 5.92 Å². The normalized spacial score (nSPS) is 29.4. The van der Waals surface area contributed by atoms with Gasteiger partial charge in [-0.3, -0.25) is 4.79 Å². The number of fused-ring (bicyclic) bond motifs is 1. The summed E-state index contributed by atoms with van der Waals surface area (Å²) in [6, 6.07) is 0. The van der Waals surface area contributed by atoms with Gasteiger partial charge >= 0.3 is 5.97 Å². The van der Waals surface area contributed by atoms with Crippen molar-refractivity contribution in [1.82, 2.24) is 20.2 Å². The minimum absolute atomic E-state index is 0.357. The topological polar surface area (TPSA) is 80.9 Å². The van der Waals surface area contributed by atoms with Crippen molar-refractivity contribution in [3.63, 3.8) is 0 Å². The van der Waals surface area contributed by atoms with Gasteiger partial charge in [-0.05, 0) is 53.9 Å². The molecule has 1 aromatic rings. The number of carboxylic acid groups (broad SMARTS) is 1. The molecule has 3 rings (SSSR count). The Morgan fingerprint density at radius 2 is 2.05 bits per heavy atom. The maximum atomic E-state index is 11.4. The van der Waals surface area contributed by atoms with Crippen LogP contribution in [0.1, 0.15) is 51.3 Å². The summed E-state index contributed by atoms with van der Waals surface area (Å²) in [5.41, 5.74) is 0. The summed E-state index contributed by atoms with van der Waals surface area (Å²) in [4.78, 5) is 11.4. The van der Waals surface area contributed by atoms with E-state index in [9.17, 15) is 9.90 Å². The fourth-order valence-electron chi connectivity index (χ4n) is 3.59. The second-order valence-electron chi connectivity index (χ2n) is 6.81. The van der Waals surface area contributed by atoms with Gasteiger partial charge in [0.25, 0.3) is 0 Å². The van der Waals surface area contributed by atoms with Crippen LogP contribution in [0, 0.1) is 23.7 Å². The average Bonchev–Trinajstić information content (AvgIpc) is 2.81. The quantitative estimate of drug-likeness (QED) is 0.860. The van der Waals surface area contributed by atoms with Gasteiger partial charge in [-0.1, -0.05) is 13.8 Å². The molecule has 1 aromatic heterocycles. The van der Waals surface area contributed by atoms with Gasteiger partial charge in [0.15, 0.2) is 5.82 Å². The van der Waals surface area contributed by atoms with Crippen LogP contribution >= 0.6 is 0 Å². The Labute approximate surface area is 118 Å². The molecule has 0 spiro atoms. The molecular weight excluding hydrogens is 256 g/mol. The molecule has 1 N–H and O–H groups in total. The number of nitrogens with zero attached hydrogens (tertiary/aromatic N) is 4. The van der Waals surface area contributed by atoms with Gasteiger partial charge in [-0.25, -0.2) is 4.68 Å². The summed E-state index contributed by atoms with van der Waals surface area (Å²) in [6.45, 7) is 4.48. The number of carboxylic acids is 1. The average molecular weight is 278 g/mol. The molecule has 3 atom stereocenters. The van der Waals surface area contributed by atoms with Crippen LogP contribution in [0.4, 0.5) is 0 Å². The third kappa shape index (κ3) is 2.69. The van der Waals surface area contributed by atoms with Gasteiger partial charge in [-0.15, -0.1) is 5.10 Å². The monoisotopic (exact) mass is 278 g/mol. The molecule has 0 aromatic carbocycles. The Morgan fingerprint density at radius 3 is 2.65 bits per heavy atom. The molecule has 0 saturated heterocycles. The van der Waals surface area contributed by atoms with Crippen molar-refractivity contribution in [1.29, 1.82) is 0 Å². The first kappa shape index (κ1) is 13.5. The lowest BCUT2D eigenvalue weighted by Gasteiger charge is -2.17. The molecule has 0 bridgehead atoms. The molecular formula is C14H22N4O2. The van der Waals surface area contributed by atoms with E-state index >= 15 is 0 Å². The first-order valence-electron chi connectivity index (χ1n) is 7.53. The van der Waals surface area contributed by atoms with E-state index in [4.69, 9.17) is 0 Å². The Kier molecular flexibility index (Phi) is 3.48. The lowest BCUT2D eigenvalue weighted by Crippen LogP contribution is -2.24. The highest BCUT2D eigenvalue weighted by Gasteiger charge is 2.47. The maximum absolute atomic E-state index is 11.4. The molecule has 6 heteroatoms. The van der Waals surface area contributed by atoms with Crippen LogP contribution in [0.15, 0.2) is 0 Å². The summed E-state index contributed by atoms with van der Waals surface area (Å²) in [6.07, 6.45) is 4.37. The molecule has 0 amide bonds. The second-order valence-corrected chi connectivity index (χ2v) is 6.81. The van der Waals surface area contributed by atoms with Gasteiger partial charge in [-0.2, -0.15) is 0 Å². The number of aliphatic carboxylic acids is 1. The van der Waals surface area contributed by atoms with E-state index in [1.807, 2.05) is 13.8 Å². The van der Waals surface area contributed by atoms with Crippen LogP contribution in [-0.2, 0) is 11.3 Å². The molecule has 110 valence electrons. The van der Waals surface area contributed by atoms with Gasteiger partial charge < -0.3 is 5.11 Å². The van der Waals surface area contributed by atoms with Crippen LogP contribution in [-0.4, -0.2) is 31.3 Å². The summed E-state index contributed by atoms with van der Waals surface area (Å²) >= 11 is 0. The minimum Gasteiger partial charge on any atom is -0.481 e. The van der Waals surface area contributed by atoms with Crippen molar-refractivity contribution in [2.24, 2.45) is 23.7 Å². The zero-order valence-electron chi connectivity index (χ0n) is 12.1. The van der Waals surface area contributed by atoms with Gasteiger partial charge in [0.05, 0.1) is 12.5 Å². The zero-order chi connectivity index (χ0) is 14.3. The van der Waals surface area contributed by atoms with Crippen molar-refractivity contribution >= 4 is 5.97 Å². The van der Waals surface area contributed by atoms with Crippen molar-refractivity contribution < 1.29 is 9.90 Å². The zero-order valence-corrected chi connectivity index (χ0v) is 12.1. The van der Waals surface area contributed by atoms with Crippen LogP contribution in [0.3, 0.4) is 0 Å².